The Morgan fingerprint density at radius 2 is 1.91 bits per heavy atom. The first kappa shape index (κ1) is 21.4. The maximum Gasteiger partial charge on any atom is 0.263 e. The van der Waals surface area contributed by atoms with Crippen LogP contribution in [0.3, 0.4) is 0 Å². The van der Waals surface area contributed by atoms with Gasteiger partial charge in [-0.25, -0.2) is 4.98 Å². The number of rotatable bonds is 5. The molecule has 1 aliphatic heterocycles. The Morgan fingerprint density at radius 1 is 1.15 bits per heavy atom. The highest BCUT2D eigenvalue weighted by atomic mass is 16.1. The van der Waals surface area contributed by atoms with Gasteiger partial charge in [0, 0.05) is 43.8 Å². The van der Waals surface area contributed by atoms with E-state index >= 15 is 0 Å². The summed E-state index contributed by atoms with van der Waals surface area (Å²) in [6.07, 6.45) is 5.61. The number of ketones is 1. The molecule has 4 heterocycles. The van der Waals surface area contributed by atoms with Gasteiger partial charge in [0.05, 0.1) is 5.56 Å². The second-order valence-corrected chi connectivity index (χ2v) is 8.74. The predicted molar refractivity (Wildman–Crippen MR) is 126 cm³/mol. The molecule has 3 aromatic heterocycles. The third-order valence-corrected chi connectivity index (χ3v) is 6.58. The van der Waals surface area contributed by atoms with Gasteiger partial charge >= 0.3 is 0 Å². The van der Waals surface area contributed by atoms with E-state index in [9.17, 15) is 9.59 Å². The lowest BCUT2D eigenvalue weighted by Gasteiger charge is -2.27. The molecule has 1 saturated carbocycles. The van der Waals surface area contributed by atoms with Crippen LogP contribution in [-0.4, -0.2) is 56.7 Å². The van der Waals surface area contributed by atoms with Crippen molar-refractivity contribution in [1.82, 2.24) is 30.0 Å². The number of pyridine rings is 1. The van der Waals surface area contributed by atoms with Gasteiger partial charge in [0.25, 0.3) is 5.56 Å². The standard InChI is InChI=1S/C23H28N8O2/c1-14-17-13-25-23(26-18-7-8-19(29-28-18)30-11-9-24-10-12-30)27-21(17)31(16-5-3-4-6-16)22(33)20(14)15(2)32/h7-8,13,16,24H,3-6,9-12H2,1-2H3,(H,25,26,27,28). The quantitative estimate of drug-likeness (QED) is 0.567. The number of Topliss-reactive ketones (excluding diaryl/α,β-unsaturated/α-hetero) is 1. The summed E-state index contributed by atoms with van der Waals surface area (Å²) in [4.78, 5) is 36.9. The van der Waals surface area contributed by atoms with Gasteiger partial charge in [-0.1, -0.05) is 12.8 Å². The Morgan fingerprint density at radius 3 is 2.58 bits per heavy atom. The van der Waals surface area contributed by atoms with Crippen molar-refractivity contribution in [2.45, 2.75) is 45.6 Å². The van der Waals surface area contributed by atoms with Crippen LogP contribution in [0.4, 0.5) is 17.6 Å². The first-order valence-electron chi connectivity index (χ1n) is 11.5. The first-order chi connectivity index (χ1) is 16.0. The van der Waals surface area contributed by atoms with Gasteiger partial charge < -0.3 is 15.5 Å². The largest absolute Gasteiger partial charge is 0.353 e. The second-order valence-electron chi connectivity index (χ2n) is 8.74. The van der Waals surface area contributed by atoms with Crippen LogP contribution in [0.1, 0.15) is 54.6 Å². The van der Waals surface area contributed by atoms with Crippen molar-refractivity contribution < 1.29 is 4.79 Å². The summed E-state index contributed by atoms with van der Waals surface area (Å²) in [6.45, 7) is 6.88. The van der Waals surface area contributed by atoms with Gasteiger partial charge in [0.2, 0.25) is 5.95 Å². The molecule has 0 spiro atoms. The summed E-state index contributed by atoms with van der Waals surface area (Å²) in [5, 5.41) is 15.8. The van der Waals surface area contributed by atoms with Gasteiger partial charge in [-0.15, -0.1) is 10.2 Å². The van der Waals surface area contributed by atoms with Crippen LogP contribution in [0.2, 0.25) is 0 Å². The molecule has 1 saturated heterocycles. The molecule has 0 radical (unpaired) electrons. The molecule has 0 unspecified atom stereocenters. The maximum absolute atomic E-state index is 13.3. The molecule has 2 N–H and O–H groups in total. The van der Waals surface area contributed by atoms with Gasteiger partial charge in [0.1, 0.15) is 5.65 Å². The minimum absolute atomic E-state index is 0.0413. The van der Waals surface area contributed by atoms with E-state index in [1.54, 1.807) is 17.7 Å². The fraction of sp³-hybridized carbons (Fsp3) is 0.478. The van der Waals surface area contributed by atoms with Crippen LogP contribution in [0, 0.1) is 6.92 Å². The average molecular weight is 449 g/mol. The molecule has 2 fully saturated rings. The molecule has 0 atom stereocenters. The van der Waals surface area contributed by atoms with Gasteiger partial charge in [-0.3, -0.25) is 14.2 Å². The molecule has 10 heteroatoms. The lowest BCUT2D eigenvalue weighted by molar-refractivity contribution is 0.101. The number of nitrogens with zero attached hydrogens (tertiary/aromatic N) is 6. The second kappa shape index (κ2) is 8.86. The molecule has 1 aliphatic carbocycles. The summed E-state index contributed by atoms with van der Waals surface area (Å²) in [6, 6.07) is 3.82. The number of carbonyl (C=O) groups excluding carboxylic acids is 1. The van der Waals surface area contributed by atoms with Crippen molar-refractivity contribution in [3.63, 3.8) is 0 Å². The topological polar surface area (TPSA) is 118 Å². The number of aromatic nitrogens is 5. The number of anilines is 3. The molecule has 2 aliphatic rings. The molecule has 10 nitrogen and oxygen atoms in total. The van der Waals surface area contributed by atoms with Gasteiger partial charge in [0.15, 0.2) is 17.4 Å². The number of hydrogen-bond acceptors (Lipinski definition) is 9. The average Bonchev–Trinajstić information content (AvgIpc) is 3.34. The zero-order valence-corrected chi connectivity index (χ0v) is 19.0. The zero-order valence-electron chi connectivity index (χ0n) is 19.0. The monoisotopic (exact) mass is 448 g/mol. The van der Waals surface area contributed by atoms with Crippen molar-refractivity contribution in [2.75, 3.05) is 36.4 Å². The molecule has 0 aromatic carbocycles. The molecule has 0 amide bonds. The number of aryl methyl sites for hydroxylation is 1. The smallest absolute Gasteiger partial charge is 0.263 e. The molecule has 0 bridgehead atoms. The Balaban J connectivity index is 1.51. The lowest BCUT2D eigenvalue weighted by atomic mass is 10.0. The molecular weight excluding hydrogens is 420 g/mol. The summed E-state index contributed by atoms with van der Waals surface area (Å²) in [5.41, 5.74) is 1.15. The molecule has 3 aromatic rings. The third-order valence-electron chi connectivity index (χ3n) is 6.58. The van der Waals surface area contributed by atoms with E-state index in [4.69, 9.17) is 4.98 Å². The van der Waals surface area contributed by atoms with Crippen LogP contribution in [-0.2, 0) is 0 Å². The highest BCUT2D eigenvalue weighted by Crippen LogP contribution is 2.32. The minimum atomic E-state index is -0.260. The number of hydrogen-bond donors (Lipinski definition) is 2. The van der Waals surface area contributed by atoms with Crippen LogP contribution < -0.4 is 21.1 Å². The van der Waals surface area contributed by atoms with E-state index in [1.807, 2.05) is 12.1 Å². The first-order valence-corrected chi connectivity index (χ1v) is 11.5. The predicted octanol–water partition coefficient (Wildman–Crippen LogP) is 2.36. The van der Waals surface area contributed by atoms with E-state index in [0.717, 1.165) is 63.1 Å². The van der Waals surface area contributed by atoms with E-state index in [-0.39, 0.29) is 22.9 Å². The van der Waals surface area contributed by atoms with Crippen molar-refractivity contribution in [2.24, 2.45) is 0 Å². The Bertz CT molecular complexity index is 1240. The van der Waals surface area contributed by atoms with E-state index in [1.165, 1.54) is 6.92 Å². The van der Waals surface area contributed by atoms with Gasteiger partial charge in [-0.2, -0.15) is 4.98 Å². The van der Waals surface area contributed by atoms with Crippen molar-refractivity contribution in [3.05, 3.63) is 39.8 Å². The number of fused-ring (bicyclic) bond motifs is 1. The summed E-state index contributed by atoms with van der Waals surface area (Å²) in [5.74, 6) is 1.48. The Labute approximate surface area is 191 Å². The molecular formula is C23H28N8O2. The van der Waals surface area contributed by atoms with E-state index in [0.29, 0.717) is 23.0 Å². The maximum atomic E-state index is 13.3. The SMILES string of the molecule is CC(=O)c1c(C)c2cnc(Nc3ccc(N4CCNCC4)nn3)nc2n(C2CCCC2)c1=O. The van der Waals surface area contributed by atoms with Crippen molar-refractivity contribution >= 4 is 34.4 Å². The van der Waals surface area contributed by atoms with Crippen LogP contribution in [0.25, 0.3) is 11.0 Å². The van der Waals surface area contributed by atoms with Gasteiger partial charge in [-0.05, 0) is 44.4 Å². The number of nitrogens with one attached hydrogen (secondary N) is 2. The molecule has 33 heavy (non-hydrogen) atoms. The summed E-state index contributed by atoms with van der Waals surface area (Å²) < 4.78 is 1.71. The summed E-state index contributed by atoms with van der Waals surface area (Å²) in [7, 11) is 0. The highest BCUT2D eigenvalue weighted by molar-refractivity contribution is 5.99. The van der Waals surface area contributed by atoms with Crippen molar-refractivity contribution in [1.29, 1.82) is 0 Å². The number of piperazine rings is 1. The van der Waals surface area contributed by atoms with Crippen molar-refractivity contribution in [3.8, 4) is 0 Å². The molecule has 5 rings (SSSR count). The Kier molecular flexibility index (Phi) is 5.76. The third kappa shape index (κ3) is 4.06. The zero-order chi connectivity index (χ0) is 22.9. The highest BCUT2D eigenvalue weighted by Gasteiger charge is 2.26. The fourth-order valence-electron chi connectivity index (χ4n) is 4.88. The lowest BCUT2D eigenvalue weighted by Crippen LogP contribution is -2.43. The molecule has 172 valence electrons. The van der Waals surface area contributed by atoms with E-state index in [2.05, 4.69) is 30.7 Å². The number of carbonyl (C=O) groups is 1. The Hall–Kier alpha value is -3.40. The fourth-order valence-corrected chi connectivity index (χ4v) is 4.88. The summed E-state index contributed by atoms with van der Waals surface area (Å²) >= 11 is 0. The minimum Gasteiger partial charge on any atom is -0.353 e. The van der Waals surface area contributed by atoms with Crippen LogP contribution in [0.15, 0.2) is 23.1 Å². The van der Waals surface area contributed by atoms with E-state index < -0.39 is 0 Å². The van der Waals surface area contributed by atoms with Crippen LogP contribution in [0.5, 0.6) is 0 Å². The normalized spacial score (nSPS) is 17.0. The van der Waals surface area contributed by atoms with Crippen LogP contribution >= 0.6 is 0 Å².